The molecule has 3 saturated heterocycles. The number of nitrogens with one attached hydrogen (secondary N) is 4. The molecule has 3 aliphatic heterocycles. The van der Waals surface area contributed by atoms with E-state index in [1.807, 2.05) is 0 Å². The van der Waals surface area contributed by atoms with E-state index in [1.54, 1.807) is 0 Å². The number of rotatable bonds is 14. The largest absolute Gasteiger partial charge is 0.383 e. The average Bonchev–Trinajstić information content (AvgIpc) is 3.61. The summed E-state index contributed by atoms with van der Waals surface area (Å²) in [6.07, 6.45) is 10.1. The monoisotopic (exact) mass is 500 g/mol. The van der Waals surface area contributed by atoms with Crippen LogP contribution in [-0.4, -0.2) is 69.2 Å². The molecule has 6 nitrogen and oxygen atoms in total. The summed E-state index contributed by atoms with van der Waals surface area (Å²) in [4.78, 5) is 0. The first-order valence-electron chi connectivity index (χ1n) is 14.7. The zero-order valence-corrected chi connectivity index (χ0v) is 23.3. The number of hydrogen-bond donors (Lipinski definition) is 4. The highest BCUT2D eigenvalue weighted by molar-refractivity contribution is 5.56. The van der Waals surface area contributed by atoms with Gasteiger partial charge in [0.25, 0.3) is 0 Å². The molecule has 4 rings (SSSR count). The summed E-state index contributed by atoms with van der Waals surface area (Å²) >= 11 is 0. The van der Waals surface area contributed by atoms with Crippen molar-refractivity contribution < 1.29 is 9.47 Å². The van der Waals surface area contributed by atoms with Crippen LogP contribution in [-0.2, 0) is 9.47 Å². The summed E-state index contributed by atoms with van der Waals surface area (Å²) in [5.41, 5.74) is 3.95. The lowest BCUT2D eigenvalue weighted by Crippen LogP contribution is -2.38. The molecule has 0 spiro atoms. The van der Waals surface area contributed by atoms with E-state index in [0.29, 0.717) is 42.2 Å². The van der Waals surface area contributed by atoms with Crippen LogP contribution in [0.3, 0.4) is 0 Å². The summed E-state index contributed by atoms with van der Waals surface area (Å²) in [5.74, 6) is 0.605. The zero-order chi connectivity index (χ0) is 25.3. The van der Waals surface area contributed by atoms with Gasteiger partial charge in [0.05, 0.1) is 19.3 Å². The van der Waals surface area contributed by atoms with E-state index in [0.717, 1.165) is 39.3 Å². The van der Waals surface area contributed by atoms with Gasteiger partial charge in [-0.25, -0.2) is 0 Å². The second-order valence-corrected chi connectivity index (χ2v) is 12.0. The Morgan fingerprint density at radius 1 is 0.861 bits per heavy atom. The van der Waals surface area contributed by atoms with Crippen molar-refractivity contribution >= 4 is 5.69 Å². The van der Waals surface area contributed by atoms with Gasteiger partial charge in [0.2, 0.25) is 0 Å². The smallest absolute Gasteiger partial charge is 0.0623 e. The molecule has 3 heterocycles. The van der Waals surface area contributed by atoms with Gasteiger partial charge < -0.3 is 30.7 Å². The van der Waals surface area contributed by atoms with Crippen molar-refractivity contribution in [2.75, 3.05) is 38.2 Å². The van der Waals surface area contributed by atoms with E-state index in [4.69, 9.17) is 9.47 Å². The van der Waals surface area contributed by atoms with Crippen molar-refractivity contribution in [2.45, 2.75) is 115 Å². The Labute approximate surface area is 220 Å². The molecule has 7 atom stereocenters. The normalized spacial score (nSPS) is 30.1. The summed E-state index contributed by atoms with van der Waals surface area (Å²) < 4.78 is 12.3. The third kappa shape index (κ3) is 8.70. The van der Waals surface area contributed by atoms with E-state index in [1.165, 1.54) is 61.8 Å². The molecule has 0 saturated carbocycles. The number of benzene rings is 1. The van der Waals surface area contributed by atoms with Gasteiger partial charge in [-0.3, -0.25) is 0 Å². The molecule has 3 fully saturated rings. The highest BCUT2D eigenvalue weighted by atomic mass is 16.5. The summed E-state index contributed by atoms with van der Waals surface area (Å²) in [5, 5.41) is 14.9. The molecule has 6 heteroatoms. The van der Waals surface area contributed by atoms with Crippen LogP contribution in [0.5, 0.6) is 0 Å². The number of anilines is 1. The summed E-state index contributed by atoms with van der Waals surface area (Å²) in [6, 6.07) is 9.30. The molecule has 0 amide bonds. The molecule has 5 unspecified atom stereocenters. The van der Waals surface area contributed by atoms with Crippen molar-refractivity contribution in [3.05, 3.63) is 29.3 Å². The van der Waals surface area contributed by atoms with Crippen LogP contribution < -0.4 is 21.3 Å². The number of aryl methyl sites for hydroxylation is 2. The molecule has 3 aliphatic rings. The quantitative estimate of drug-likeness (QED) is 0.301. The first-order valence-corrected chi connectivity index (χ1v) is 14.7. The average molecular weight is 501 g/mol. The number of ether oxygens (including phenoxy) is 2. The van der Waals surface area contributed by atoms with Crippen molar-refractivity contribution in [1.29, 1.82) is 0 Å². The van der Waals surface area contributed by atoms with E-state index < -0.39 is 0 Å². The molecular formula is C30H52N4O2. The molecule has 4 N–H and O–H groups in total. The fourth-order valence-electron chi connectivity index (χ4n) is 6.40. The highest BCUT2D eigenvalue weighted by Crippen LogP contribution is 2.23. The van der Waals surface area contributed by atoms with Gasteiger partial charge in [0.15, 0.2) is 0 Å². The topological polar surface area (TPSA) is 66.6 Å². The Hall–Kier alpha value is -1.18. The Kier molecular flexibility index (Phi) is 10.9. The lowest BCUT2D eigenvalue weighted by molar-refractivity contribution is 0.0409. The van der Waals surface area contributed by atoms with Gasteiger partial charge in [-0.2, -0.15) is 0 Å². The lowest BCUT2D eigenvalue weighted by atomic mass is 10.0. The predicted octanol–water partition coefficient (Wildman–Crippen LogP) is 4.55. The van der Waals surface area contributed by atoms with E-state index in [2.05, 4.69) is 67.2 Å². The van der Waals surface area contributed by atoms with Crippen molar-refractivity contribution in [2.24, 2.45) is 5.92 Å². The fraction of sp³-hybridized carbons (Fsp3) is 0.800. The first kappa shape index (κ1) is 27.8. The molecule has 0 aromatic heterocycles. The third-order valence-corrected chi connectivity index (χ3v) is 8.45. The van der Waals surface area contributed by atoms with Crippen molar-refractivity contribution in [1.82, 2.24) is 16.0 Å². The van der Waals surface area contributed by atoms with E-state index >= 15 is 0 Å². The molecule has 0 bridgehead atoms. The SMILES string of the molecule is Cc1cccc(C)c1NCC1CCC(CC(C)OC[C@@H]2CCC(CC(C)COC[C@@H]3CCCN3)N2)N1. The van der Waals surface area contributed by atoms with Gasteiger partial charge in [-0.05, 0) is 95.7 Å². The fourth-order valence-corrected chi connectivity index (χ4v) is 6.40. The van der Waals surface area contributed by atoms with Gasteiger partial charge >= 0.3 is 0 Å². The second-order valence-electron chi connectivity index (χ2n) is 12.0. The minimum absolute atomic E-state index is 0.296. The third-order valence-electron chi connectivity index (χ3n) is 8.45. The van der Waals surface area contributed by atoms with Gasteiger partial charge in [0.1, 0.15) is 0 Å². The minimum Gasteiger partial charge on any atom is -0.383 e. The lowest BCUT2D eigenvalue weighted by Gasteiger charge is -2.22. The zero-order valence-electron chi connectivity index (χ0n) is 23.3. The Balaban J connectivity index is 1.05. The predicted molar refractivity (Wildman–Crippen MR) is 150 cm³/mol. The van der Waals surface area contributed by atoms with Crippen LogP contribution in [0, 0.1) is 19.8 Å². The minimum atomic E-state index is 0.296. The van der Waals surface area contributed by atoms with Gasteiger partial charge in [-0.1, -0.05) is 25.1 Å². The standard InChI is InChI=1S/C30H52N4O2/c1-21(18-35-19-28-9-6-14-31-28)15-25-11-13-29(34-25)20-36-24(4)16-26-10-12-27(33-26)17-32-30-22(2)7-5-8-23(30)3/h5,7-8,21,24-29,31-34H,6,9-20H2,1-4H3/t21?,24?,25?,26?,27?,28-,29-/m0/s1. The van der Waals surface area contributed by atoms with Crippen LogP contribution in [0.1, 0.15) is 76.3 Å². The molecule has 1 aromatic carbocycles. The van der Waals surface area contributed by atoms with Crippen LogP contribution in [0.2, 0.25) is 0 Å². The molecular weight excluding hydrogens is 448 g/mol. The summed E-state index contributed by atoms with van der Waals surface area (Å²) in [7, 11) is 0. The first-order chi connectivity index (χ1) is 17.5. The maximum absolute atomic E-state index is 6.31. The molecule has 0 aliphatic carbocycles. The van der Waals surface area contributed by atoms with Crippen LogP contribution in [0.4, 0.5) is 5.69 Å². The van der Waals surface area contributed by atoms with Crippen LogP contribution >= 0.6 is 0 Å². The Bertz CT molecular complexity index is 764. The number of para-hydroxylation sites is 1. The van der Waals surface area contributed by atoms with E-state index in [-0.39, 0.29) is 0 Å². The van der Waals surface area contributed by atoms with Gasteiger partial charge in [-0.15, -0.1) is 0 Å². The van der Waals surface area contributed by atoms with Crippen LogP contribution in [0.25, 0.3) is 0 Å². The Morgan fingerprint density at radius 3 is 2.31 bits per heavy atom. The Morgan fingerprint density at radius 2 is 1.56 bits per heavy atom. The van der Waals surface area contributed by atoms with Gasteiger partial charge in [0, 0.05) is 49.0 Å². The van der Waals surface area contributed by atoms with Crippen molar-refractivity contribution in [3.63, 3.8) is 0 Å². The van der Waals surface area contributed by atoms with Crippen molar-refractivity contribution in [3.8, 4) is 0 Å². The number of hydrogen-bond acceptors (Lipinski definition) is 6. The summed E-state index contributed by atoms with van der Waals surface area (Å²) in [6.45, 7) is 13.7. The van der Waals surface area contributed by atoms with E-state index in [9.17, 15) is 0 Å². The molecule has 1 aromatic rings. The van der Waals surface area contributed by atoms with Crippen LogP contribution in [0.15, 0.2) is 18.2 Å². The maximum atomic E-state index is 6.31. The molecule has 204 valence electrons. The maximum Gasteiger partial charge on any atom is 0.0623 e. The molecule has 36 heavy (non-hydrogen) atoms. The highest BCUT2D eigenvalue weighted by Gasteiger charge is 2.28. The molecule has 0 radical (unpaired) electrons. The second kappa shape index (κ2) is 14.1.